The molecule has 1 aromatic carbocycles. The van der Waals surface area contributed by atoms with Crippen LogP contribution in [0.25, 0.3) is 11.0 Å². The van der Waals surface area contributed by atoms with Crippen molar-refractivity contribution in [2.45, 2.75) is 33.2 Å². The first kappa shape index (κ1) is 13.9. The van der Waals surface area contributed by atoms with E-state index in [1.807, 2.05) is 6.07 Å². The van der Waals surface area contributed by atoms with E-state index in [9.17, 15) is 0 Å². The molecule has 1 aromatic heterocycles. The quantitative estimate of drug-likeness (QED) is 0.732. The average Bonchev–Trinajstić information content (AvgIpc) is 2.68. The van der Waals surface area contributed by atoms with Gasteiger partial charge in [0.15, 0.2) is 0 Å². The monoisotopic (exact) mass is 328 g/mol. The molecule has 1 atom stereocenters. The van der Waals surface area contributed by atoms with E-state index in [2.05, 4.69) is 51.5 Å². The lowest BCUT2D eigenvalue weighted by molar-refractivity contribution is 0.466. The fourth-order valence-electron chi connectivity index (χ4n) is 2.07. The first-order valence-corrected chi connectivity index (χ1v) is 7.69. The van der Waals surface area contributed by atoms with Crippen LogP contribution in [0, 0.1) is 5.92 Å². The SMILES string of the molecule is CCC(C)Cn1c(CCCl)nc2ccc(Br)cc21. The molecule has 0 aliphatic carbocycles. The Labute approximate surface area is 121 Å². The van der Waals surface area contributed by atoms with Gasteiger partial charge in [-0.15, -0.1) is 11.6 Å². The summed E-state index contributed by atoms with van der Waals surface area (Å²) in [6.07, 6.45) is 2.00. The van der Waals surface area contributed by atoms with Gasteiger partial charge in [0, 0.05) is 23.3 Å². The molecule has 0 aliphatic heterocycles. The van der Waals surface area contributed by atoms with Gasteiger partial charge in [-0.2, -0.15) is 0 Å². The zero-order valence-corrected chi connectivity index (χ0v) is 13.1. The van der Waals surface area contributed by atoms with Crippen molar-refractivity contribution >= 4 is 38.6 Å². The van der Waals surface area contributed by atoms with Gasteiger partial charge in [0.05, 0.1) is 11.0 Å². The third-order valence-electron chi connectivity index (χ3n) is 3.30. The zero-order chi connectivity index (χ0) is 13.1. The van der Waals surface area contributed by atoms with Gasteiger partial charge in [0.2, 0.25) is 0 Å². The first-order valence-electron chi connectivity index (χ1n) is 6.36. The summed E-state index contributed by atoms with van der Waals surface area (Å²) < 4.78 is 3.41. The molecule has 2 nitrogen and oxygen atoms in total. The summed E-state index contributed by atoms with van der Waals surface area (Å²) in [6, 6.07) is 6.24. The molecule has 0 radical (unpaired) electrons. The fourth-order valence-corrected chi connectivity index (χ4v) is 2.58. The van der Waals surface area contributed by atoms with E-state index >= 15 is 0 Å². The first-order chi connectivity index (χ1) is 8.65. The minimum Gasteiger partial charge on any atom is -0.328 e. The molecule has 0 amide bonds. The molecule has 2 aromatic rings. The number of rotatable bonds is 5. The third kappa shape index (κ3) is 2.89. The van der Waals surface area contributed by atoms with Gasteiger partial charge in [-0.3, -0.25) is 0 Å². The van der Waals surface area contributed by atoms with Crippen LogP contribution in [-0.2, 0) is 13.0 Å². The molecule has 0 saturated heterocycles. The Morgan fingerprint density at radius 1 is 1.44 bits per heavy atom. The van der Waals surface area contributed by atoms with Crippen LogP contribution >= 0.6 is 27.5 Å². The van der Waals surface area contributed by atoms with E-state index in [0.717, 1.165) is 28.8 Å². The Hall–Kier alpha value is -0.540. The topological polar surface area (TPSA) is 17.8 Å². The van der Waals surface area contributed by atoms with Gasteiger partial charge in [0.25, 0.3) is 0 Å². The second-order valence-corrected chi connectivity index (χ2v) is 6.02. The number of alkyl halides is 1. The molecule has 0 N–H and O–H groups in total. The number of halogens is 2. The number of hydrogen-bond acceptors (Lipinski definition) is 1. The van der Waals surface area contributed by atoms with Crippen molar-refractivity contribution in [1.29, 1.82) is 0 Å². The van der Waals surface area contributed by atoms with Crippen LogP contribution in [0.2, 0.25) is 0 Å². The fraction of sp³-hybridized carbons (Fsp3) is 0.500. The van der Waals surface area contributed by atoms with E-state index in [4.69, 9.17) is 11.6 Å². The second kappa shape index (κ2) is 6.07. The summed E-state index contributed by atoms with van der Waals surface area (Å²) in [5.74, 6) is 2.36. The number of hydrogen-bond donors (Lipinski definition) is 0. The number of imidazole rings is 1. The maximum Gasteiger partial charge on any atom is 0.111 e. The van der Waals surface area contributed by atoms with Crippen LogP contribution in [0.15, 0.2) is 22.7 Å². The van der Waals surface area contributed by atoms with Gasteiger partial charge in [0.1, 0.15) is 5.82 Å². The Kier molecular flexibility index (Phi) is 4.68. The summed E-state index contributed by atoms with van der Waals surface area (Å²) in [7, 11) is 0. The molecule has 1 unspecified atom stereocenters. The van der Waals surface area contributed by atoms with Gasteiger partial charge < -0.3 is 4.57 Å². The average molecular weight is 330 g/mol. The van der Waals surface area contributed by atoms with E-state index in [-0.39, 0.29) is 0 Å². The van der Waals surface area contributed by atoms with E-state index in [0.29, 0.717) is 11.8 Å². The Morgan fingerprint density at radius 3 is 2.89 bits per heavy atom. The lowest BCUT2D eigenvalue weighted by Gasteiger charge is -2.13. The molecule has 18 heavy (non-hydrogen) atoms. The highest BCUT2D eigenvalue weighted by atomic mass is 79.9. The summed E-state index contributed by atoms with van der Waals surface area (Å²) >= 11 is 9.41. The van der Waals surface area contributed by atoms with Gasteiger partial charge in [-0.1, -0.05) is 36.2 Å². The number of nitrogens with zero attached hydrogens (tertiary/aromatic N) is 2. The largest absolute Gasteiger partial charge is 0.328 e. The molecular formula is C14H18BrClN2. The molecular weight excluding hydrogens is 312 g/mol. The lowest BCUT2D eigenvalue weighted by atomic mass is 10.1. The number of aromatic nitrogens is 2. The van der Waals surface area contributed by atoms with Crippen molar-refractivity contribution in [3.05, 3.63) is 28.5 Å². The van der Waals surface area contributed by atoms with E-state index in [1.165, 1.54) is 11.9 Å². The van der Waals surface area contributed by atoms with Crippen molar-refractivity contribution in [2.75, 3.05) is 5.88 Å². The molecule has 0 saturated carbocycles. The van der Waals surface area contributed by atoms with Gasteiger partial charge >= 0.3 is 0 Å². The predicted octanol–water partition coefficient (Wildman–Crippen LogP) is 4.63. The Morgan fingerprint density at radius 2 is 2.22 bits per heavy atom. The van der Waals surface area contributed by atoms with Crippen molar-refractivity contribution < 1.29 is 0 Å². The van der Waals surface area contributed by atoms with Crippen molar-refractivity contribution in [1.82, 2.24) is 9.55 Å². The molecule has 98 valence electrons. The normalized spacial score (nSPS) is 13.1. The number of benzene rings is 1. The van der Waals surface area contributed by atoms with Crippen LogP contribution < -0.4 is 0 Å². The molecule has 1 heterocycles. The maximum absolute atomic E-state index is 5.87. The van der Waals surface area contributed by atoms with E-state index < -0.39 is 0 Å². The van der Waals surface area contributed by atoms with Crippen molar-refractivity contribution in [2.24, 2.45) is 5.92 Å². The van der Waals surface area contributed by atoms with Crippen LogP contribution in [0.3, 0.4) is 0 Å². The zero-order valence-electron chi connectivity index (χ0n) is 10.8. The second-order valence-electron chi connectivity index (χ2n) is 4.72. The minimum absolute atomic E-state index is 0.616. The van der Waals surface area contributed by atoms with Crippen molar-refractivity contribution in [3.63, 3.8) is 0 Å². The molecule has 0 spiro atoms. The van der Waals surface area contributed by atoms with Crippen LogP contribution in [0.1, 0.15) is 26.1 Å². The number of aryl methyl sites for hydroxylation is 1. The molecule has 0 fully saturated rings. The van der Waals surface area contributed by atoms with Crippen LogP contribution in [0.5, 0.6) is 0 Å². The maximum atomic E-state index is 5.87. The van der Waals surface area contributed by atoms with Crippen molar-refractivity contribution in [3.8, 4) is 0 Å². The predicted molar refractivity (Wildman–Crippen MR) is 81.3 cm³/mol. The summed E-state index contributed by atoms with van der Waals surface area (Å²) in [5, 5.41) is 0. The van der Waals surface area contributed by atoms with Crippen LogP contribution in [0.4, 0.5) is 0 Å². The molecule has 2 rings (SSSR count). The summed E-state index contributed by atoms with van der Waals surface area (Å²) in [6.45, 7) is 5.50. The highest BCUT2D eigenvalue weighted by molar-refractivity contribution is 9.10. The van der Waals surface area contributed by atoms with Gasteiger partial charge in [-0.05, 0) is 24.1 Å². The minimum atomic E-state index is 0.616. The van der Waals surface area contributed by atoms with Crippen LogP contribution in [-0.4, -0.2) is 15.4 Å². The Bertz CT molecular complexity index is 536. The van der Waals surface area contributed by atoms with E-state index in [1.54, 1.807) is 0 Å². The lowest BCUT2D eigenvalue weighted by Crippen LogP contribution is -2.10. The highest BCUT2D eigenvalue weighted by Crippen LogP contribution is 2.23. The summed E-state index contributed by atoms with van der Waals surface area (Å²) in [4.78, 5) is 4.69. The standard InChI is InChI=1S/C14H18BrClN2/c1-3-10(2)9-18-13-8-11(15)4-5-12(13)17-14(18)6-7-16/h4-5,8,10H,3,6-7,9H2,1-2H3. The summed E-state index contributed by atoms with van der Waals surface area (Å²) in [5.41, 5.74) is 2.26. The smallest absolute Gasteiger partial charge is 0.111 e. The molecule has 4 heteroatoms. The Balaban J connectivity index is 2.49. The third-order valence-corrected chi connectivity index (χ3v) is 3.98. The highest BCUT2D eigenvalue weighted by Gasteiger charge is 2.12. The molecule has 0 aliphatic rings. The van der Waals surface area contributed by atoms with Gasteiger partial charge in [-0.25, -0.2) is 4.98 Å². The molecule has 0 bridgehead atoms. The number of fused-ring (bicyclic) bond motifs is 1.